The second-order valence-electron chi connectivity index (χ2n) is 8.16. The maximum atomic E-state index is 12.6. The van der Waals surface area contributed by atoms with Crippen molar-refractivity contribution in [2.75, 3.05) is 13.2 Å². The Balaban J connectivity index is 1.44. The Morgan fingerprint density at radius 1 is 1.15 bits per heavy atom. The van der Waals surface area contributed by atoms with Crippen LogP contribution in [0.15, 0.2) is 60.7 Å². The van der Waals surface area contributed by atoms with Gasteiger partial charge in [-0.25, -0.2) is 4.98 Å². The van der Waals surface area contributed by atoms with E-state index in [1.54, 1.807) is 6.08 Å². The van der Waals surface area contributed by atoms with Gasteiger partial charge in [-0.1, -0.05) is 49.4 Å². The van der Waals surface area contributed by atoms with Crippen LogP contribution in [0.3, 0.4) is 0 Å². The lowest BCUT2D eigenvalue weighted by molar-refractivity contribution is -0.128. The van der Waals surface area contributed by atoms with Crippen LogP contribution < -0.4 is 10.1 Å². The number of nitrogens with one attached hydrogen (secondary N) is 1. The first-order valence-electron chi connectivity index (χ1n) is 11.5. The number of benzene rings is 2. The summed E-state index contributed by atoms with van der Waals surface area (Å²) in [4.78, 5) is 31.0. The molecule has 33 heavy (non-hydrogen) atoms. The highest BCUT2D eigenvalue weighted by atomic mass is 16.5. The van der Waals surface area contributed by atoms with Crippen molar-refractivity contribution >= 4 is 28.8 Å². The Kier molecular flexibility index (Phi) is 7.35. The molecule has 6 nitrogen and oxygen atoms in total. The Morgan fingerprint density at radius 3 is 2.73 bits per heavy atom. The van der Waals surface area contributed by atoms with Gasteiger partial charge in [-0.05, 0) is 42.2 Å². The van der Waals surface area contributed by atoms with Gasteiger partial charge in [0.05, 0.1) is 12.1 Å². The number of aromatic nitrogens is 1. The number of carbonyl (C=O) groups excluding carboxylic acids is 2. The van der Waals surface area contributed by atoms with E-state index >= 15 is 0 Å². The number of likely N-dealkylation sites (tertiary alicyclic amines) is 1. The second-order valence-corrected chi connectivity index (χ2v) is 8.16. The van der Waals surface area contributed by atoms with Gasteiger partial charge in [-0.3, -0.25) is 9.59 Å². The number of amides is 2. The minimum atomic E-state index is -0.198. The van der Waals surface area contributed by atoms with Crippen LogP contribution in [0.5, 0.6) is 5.88 Å². The van der Waals surface area contributed by atoms with Crippen molar-refractivity contribution in [1.82, 2.24) is 15.2 Å². The third kappa shape index (κ3) is 5.77. The summed E-state index contributed by atoms with van der Waals surface area (Å²) in [5.74, 6) is 0.527. The molecule has 0 aliphatic carbocycles. The SMILES string of the molecule is CCCOc1nc2ccccc2cc1/C=C/C(=O)NCc1ccccc1CN1CCCC1=O. The van der Waals surface area contributed by atoms with Crippen LogP contribution >= 0.6 is 0 Å². The molecule has 0 radical (unpaired) electrons. The number of ether oxygens (including phenoxy) is 1. The van der Waals surface area contributed by atoms with Gasteiger partial charge in [0.15, 0.2) is 0 Å². The predicted molar refractivity (Wildman–Crippen MR) is 130 cm³/mol. The molecule has 0 atom stereocenters. The summed E-state index contributed by atoms with van der Waals surface area (Å²) in [6.45, 7) is 4.39. The first kappa shape index (κ1) is 22.5. The zero-order chi connectivity index (χ0) is 23.0. The van der Waals surface area contributed by atoms with Crippen LogP contribution in [0.2, 0.25) is 0 Å². The Labute approximate surface area is 194 Å². The molecule has 0 saturated carbocycles. The lowest BCUT2D eigenvalue weighted by atomic mass is 10.1. The lowest BCUT2D eigenvalue weighted by Gasteiger charge is -2.18. The summed E-state index contributed by atoms with van der Waals surface area (Å²) < 4.78 is 5.82. The van der Waals surface area contributed by atoms with Gasteiger partial charge in [-0.15, -0.1) is 0 Å². The highest BCUT2D eigenvalue weighted by molar-refractivity contribution is 5.93. The minimum Gasteiger partial charge on any atom is -0.477 e. The van der Waals surface area contributed by atoms with E-state index in [1.165, 1.54) is 6.08 Å². The van der Waals surface area contributed by atoms with Crippen molar-refractivity contribution in [3.8, 4) is 5.88 Å². The van der Waals surface area contributed by atoms with Crippen LogP contribution in [-0.4, -0.2) is 34.8 Å². The van der Waals surface area contributed by atoms with Gasteiger partial charge >= 0.3 is 0 Å². The summed E-state index contributed by atoms with van der Waals surface area (Å²) in [7, 11) is 0. The fraction of sp³-hybridized carbons (Fsp3) is 0.296. The van der Waals surface area contributed by atoms with Crippen LogP contribution in [0, 0.1) is 0 Å². The summed E-state index contributed by atoms with van der Waals surface area (Å²) in [5.41, 5.74) is 3.70. The topological polar surface area (TPSA) is 71.5 Å². The average Bonchev–Trinajstić information content (AvgIpc) is 3.24. The highest BCUT2D eigenvalue weighted by Gasteiger charge is 2.20. The van der Waals surface area contributed by atoms with Gasteiger partial charge < -0.3 is 15.0 Å². The average molecular weight is 444 g/mol. The van der Waals surface area contributed by atoms with E-state index in [-0.39, 0.29) is 11.8 Å². The number of para-hydroxylation sites is 1. The van der Waals surface area contributed by atoms with E-state index in [9.17, 15) is 9.59 Å². The Hall–Kier alpha value is -3.67. The molecule has 2 aromatic carbocycles. The molecule has 6 heteroatoms. The standard InChI is InChI=1S/C27H29N3O3/c1-2-16-33-27-21(17-20-8-5-6-11-24(20)29-27)13-14-25(31)28-18-22-9-3-4-10-23(22)19-30-15-7-12-26(30)32/h3-6,8-11,13-14,17H,2,7,12,15-16,18-19H2,1H3,(H,28,31)/b14-13+. The second kappa shape index (κ2) is 10.8. The molecular formula is C27H29N3O3. The van der Waals surface area contributed by atoms with E-state index in [2.05, 4.69) is 10.3 Å². The monoisotopic (exact) mass is 443 g/mol. The smallest absolute Gasteiger partial charge is 0.244 e. The van der Waals surface area contributed by atoms with Gasteiger partial charge in [0, 0.05) is 43.1 Å². The summed E-state index contributed by atoms with van der Waals surface area (Å²) >= 11 is 0. The Morgan fingerprint density at radius 2 is 1.94 bits per heavy atom. The van der Waals surface area contributed by atoms with Crippen molar-refractivity contribution in [1.29, 1.82) is 0 Å². The van der Waals surface area contributed by atoms with Crippen LogP contribution in [0.4, 0.5) is 0 Å². The first-order valence-corrected chi connectivity index (χ1v) is 11.5. The van der Waals surface area contributed by atoms with E-state index < -0.39 is 0 Å². The molecule has 0 unspecified atom stereocenters. The quantitative estimate of drug-likeness (QED) is 0.495. The number of hydrogen-bond acceptors (Lipinski definition) is 4. The van der Waals surface area contributed by atoms with Crippen molar-refractivity contribution in [3.05, 3.63) is 77.4 Å². The van der Waals surface area contributed by atoms with Crippen molar-refractivity contribution in [3.63, 3.8) is 0 Å². The number of hydrogen-bond donors (Lipinski definition) is 1. The molecule has 1 aliphatic heterocycles. The molecule has 1 saturated heterocycles. The molecule has 3 aromatic rings. The van der Waals surface area contributed by atoms with Gasteiger partial charge in [0.1, 0.15) is 0 Å². The molecule has 1 N–H and O–H groups in total. The summed E-state index contributed by atoms with van der Waals surface area (Å²) in [5, 5.41) is 3.95. The maximum absolute atomic E-state index is 12.6. The fourth-order valence-electron chi connectivity index (χ4n) is 3.92. The summed E-state index contributed by atoms with van der Waals surface area (Å²) in [6.07, 6.45) is 5.67. The highest BCUT2D eigenvalue weighted by Crippen LogP contribution is 2.24. The van der Waals surface area contributed by atoms with Gasteiger partial charge in [-0.2, -0.15) is 0 Å². The molecule has 0 bridgehead atoms. The first-order chi connectivity index (χ1) is 16.1. The fourth-order valence-corrected chi connectivity index (χ4v) is 3.92. The summed E-state index contributed by atoms with van der Waals surface area (Å²) in [6, 6.07) is 17.7. The molecule has 1 aliphatic rings. The molecule has 170 valence electrons. The third-order valence-corrected chi connectivity index (χ3v) is 5.68. The molecule has 1 fully saturated rings. The maximum Gasteiger partial charge on any atom is 0.244 e. The predicted octanol–water partition coefficient (Wildman–Crippen LogP) is 4.48. The molecule has 2 amide bonds. The molecular weight excluding hydrogens is 414 g/mol. The van der Waals surface area contributed by atoms with Gasteiger partial charge in [0.2, 0.25) is 17.7 Å². The largest absolute Gasteiger partial charge is 0.477 e. The number of pyridine rings is 1. The van der Waals surface area contributed by atoms with E-state index in [0.29, 0.717) is 32.0 Å². The van der Waals surface area contributed by atoms with E-state index in [1.807, 2.05) is 66.4 Å². The van der Waals surface area contributed by atoms with Crippen molar-refractivity contribution in [2.45, 2.75) is 39.3 Å². The van der Waals surface area contributed by atoms with E-state index in [0.717, 1.165) is 47.0 Å². The Bertz CT molecular complexity index is 1170. The zero-order valence-electron chi connectivity index (χ0n) is 18.9. The lowest BCUT2D eigenvalue weighted by Crippen LogP contribution is -2.26. The number of carbonyl (C=O) groups is 2. The number of rotatable bonds is 9. The van der Waals surface area contributed by atoms with Crippen LogP contribution in [0.25, 0.3) is 17.0 Å². The van der Waals surface area contributed by atoms with E-state index in [4.69, 9.17) is 4.74 Å². The van der Waals surface area contributed by atoms with Crippen LogP contribution in [-0.2, 0) is 22.7 Å². The molecule has 0 spiro atoms. The normalized spacial score (nSPS) is 13.7. The molecule has 4 rings (SSSR count). The van der Waals surface area contributed by atoms with Crippen molar-refractivity contribution < 1.29 is 14.3 Å². The minimum absolute atomic E-state index is 0.196. The van der Waals surface area contributed by atoms with Gasteiger partial charge in [0.25, 0.3) is 0 Å². The van der Waals surface area contributed by atoms with Crippen LogP contribution in [0.1, 0.15) is 42.9 Å². The molecule has 1 aromatic heterocycles. The number of nitrogens with zero attached hydrogens (tertiary/aromatic N) is 2. The third-order valence-electron chi connectivity index (χ3n) is 5.68. The number of fused-ring (bicyclic) bond motifs is 1. The molecule has 2 heterocycles. The zero-order valence-corrected chi connectivity index (χ0v) is 18.9. The van der Waals surface area contributed by atoms with Crippen molar-refractivity contribution in [2.24, 2.45) is 0 Å².